The first kappa shape index (κ1) is 20.7. The van der Waals surface area contributed by atoms with Crippen molar-refractivity contribution < 1.29 is 19.2 Å². The average molecular weight is 428 g/mol. The van der Waals surface area contributed by atoms with Gasteiger partial charge in [-0.1, -0.05) is 41.9 Å². The summed E-state index contributed by atoms with van der Waals surface area (Å²) in [6, 6.07) is 11.8. The molecule has 1 atom stereocenters. The lowest BCUT2D eigenvalue weighted by atomic mass is 10.1. The summed E-state index contributed by atoms with van der Waals surface area (Å²) in [5.74, 6) is -1.82. The number of halogens is 1. The van der Waals surface area contributed by atoms with Gasteiger partial charge in [0.25, 0.3) is 11.6 Å². The highest BCUT2D eigenvalue weighted by Gasteiger charge is 2.28. The summed E-state index contributed by atoms with van der Waals surface area (Å²) in [5.41, 5.74) is 5.67. The largest absolute Gasteiger partial charge is 0.442 e. The Kier molecular flexibility index (Phi) is 6.18. The van der Waals surface area contributed by atoms with Gasteiger partial charge >= 0.3 is 5.97 Å². The Balaban J connectivity index is 1.87. The number of benzene rings is 2. The van der Waals surface area contributed by atoms with Crippen molar-refractivity contribution in [2.75, 3.05) is 11.1 Å². The molecule has 1 heterocycles. The first-order chi connectivity index (χ1) is 14.4. The van der Waals surface area contributed by atoms with Crippen LogP contribution >= 0.6 is 11.6 Å². The van der Waals surface area contributed by atoms with Crippen LogP contribution in [0.5, 0.6) is 0 Å². The normalized spacial score (nSPS) is 11.4. The van der Waals surface area contributed by atoms with Crippen LogP contribution in [0.1, 0.15) is 22.2 Å². The highest BCUT2D eigenvalue weighted by molar-refractivity contribution is 6.34. The van der Waals surface area contributed by atoms with Crippen molar-refractivity contribution in [3.05, 3.63) is 87.3 Å². The molecule has 0 aliphatic heterocycles. The van der Waals surface area contributed by atoms with E-state index in [1.807, 2.05) is 0 Å². The number of nitro groups is 1. The van der Waals surface area contributed by atoms with Gasteiger partial charge in [-0.2, -0.15) is 0 Å². The number of esters is 1. The van der Waals surface area contributed by atoms with Crippen LogP contribution in [0.2, 0.25) is 5.02 Å². The third kappa shape index (κ3) is 4.67. The van der Waals surface area contributed by atoms with Crippen molar-refractivity contribution in [2.45, 2.75) is 6.10 Å². The first-order valence-corrected chi connectivity index (χ1v) is 8.82. The van der Waals surface area contributed by atoms with Crippen LogP contribution in [0.3, 0.4) is 0 Å². The molecule has 0 bridgehead atoms. The van der Waals surface area contributed by atoms with Gasteiger partial charge in [-0.25, -0.2) is 14.8 Å². The third-order valence-corrected chi connectivity index (χ3v) is 4.22. The second kappa shape index (κ2) is 8.97. The molecular formula is C19H14ClN5O5. The molecule has 0 saturated heterocycles. The number of hydrogen-bond acceptors (Lipinski definition) is 8. The summed E-state index contributed by atoms with van der Waals surface area (Å²) >= 11 is 6.03. The summed E-state index contributed by atoms with van der Waals surface area (Å²) in [5, 5.41) is 13.3. The maximum Gasteiger partial charge on any atom is 0.361 e. The number of nitro benzene ring substituents is 1. The maximum atomic E-state index is 12.9. The zero-order valence-corrected chi connectivity index (χ0v) is 15.9. The van der Waals surface area contributed by atoms with Gasteiger partial charge in [-0.3, -0.25) is 14.9 Å². The topological polar surface area (TPSA) is 150 Å². The Morgan fingerprint density at radius 1 is 1.13 bits per heavy atom. The molecule has 3 N–H and O–H groups in total. The SMILES string of the molecule is Nc1nccnc1C(=O)OC(C(=O)Nc1ccc([N+](=O)[O-])cc1Cl)c1ccccc1. The molecule has 11 heteroatoms. The number of anilines is 2. The van der Waals surface area contributed by atoms with Crippen LogP contribution in [0, 0.1) is 10.1 Å². The third-order valence-electron chi connectivity index (χ3n) is 3.91. The molecular weight excluding hydrogens is 414 g/mol. The predicted octanol–water partition coefficient (Wildman–Crippen LogP) is 3.16. The lowest BCUT2D eigenvalue weighted by Gasteiger charge is -2.18. The number of nitrogens with zero attached hydrogens (tertiary/aromatic N) is 3. The molecule has 2 aromatic carbocycles. The first-order valence-electron chi connectivity index (χ1n) is 8.44. The number of ether oxygens (including phenoxy) is 1. The van der Waals surface area contributed by atoms with E-state index < -0.39 is 22.9 Å². The van der Waals surface area contributed by atoms with Crippen molar-refractivity contribution >= 4 is 40.7 Å². The molecule has 0 fully saturated rings. The number of nitrogen functional groups attached to an aromatic ring is 1. The van der Waals surface area contributed by atoms with Crippen LogP contribution in [-0.2, 0) is 9.53 Å². The van der Waals surface area contributed by atoms with E-state index in [1.165, 1.54) is 24.5 Å². The van der Waals surface area contributed by atoms with E-state index in [-0.39, 0.29) is 27.9 Å². The van der Waals surface area contributed by atoms with Gasteiger partial charge in [0.15, 0.2) is 11.5 Å². The molecule has 30 heavy (non-hydrogen) atoms. The van der Waals surface area contributed by atoms with Crippen LogP contribution in [0.4, 0.5) is 17.2 Å². The Hall–Kier alpha value is -4.05. The van der Waals surface area contributed by atoms with Gasteiger partial charge in [0, 0.05) is 30.1 Å². The number of hydrogen-bond donors (Lipinski definition) is 2. The number of carbonyl (C=O) groups is 2. The number of nitrogens with one attached hydrogen (secondary N) is 1. The lowest BCUT2D eigenvalue weighted by molar-refractivity contribution is -0.384. The van der Waals surface area contributed by atoms with Gasteiger partial charge in [-0.15, -0.1) is 0 Å². The van der Waals surface area contributed by atoms with E-state index in [9.17, 15) is 19.7 Å². The van der Waals surface area contributed by atoms with Crippen molar-refractivity contribution in [1.82, 2.24) is 9.97 Å². The molecule has 10 nitrogen and oxygen atoms in total. The maximum absolute atomic E-state index is 12.9. The summed E-state index contributed by atoms with van der Waals surface area (Å²) in [4.78, 5) is 43.2. The molecule has 1 aromatic heterocycles. The predicted molar refractivity (Wildman–Crippen MR) is 108 cm³/mol. The number of carbonyl (C=O) groups excluding carboxylic acids is 2. The standard InChI is InChI=1S/C19H14ClN5O5/c20-13-10-12(25(28)29)6-7-14(13)24-18(26)16(11-4-2-1-3-5-11)30-19(27)15-17(21)23-9-8-22-15/h1-10,16H,(H2,21,23)(H,24,26). The van der Waals surface area contributed by atoms with E-state index in [2.05, 4.69) is 15.3 Å². The minimum atomic E-state index is -1.37. The van der Waals surface area contributed by atoms with Crippen LogP contribution < -0.4 is 11.1 Å². The van der Waals surface area contributed by atoms with E-state index >= 15 is 0 Å². The number of aromatic nitrogens is 2. The summed E-state index contributed by atoms with van der Waals surface area (Å²) in [6.07, 6.45) is 1.21. The zero-order valence-electron chi connectivity index (χ0n) is 15.2. The van der Waals surface area contributed by atoms with E-state index in [1.54, 1.807) is 30.3 Å². The second-order valence-electron chi connectivity index (χ2n) is 5.90. The number of amides is 1. The van der Waals surface area contributed by atoms with Crippen molar-refractivity contribution in [1.29, 1.82) is 0 Å². The van der Waals surface area contributed by atoms with Crippen LogP contribution in [-0.4, -0.2) is 26.8 Å². The molecule has 3 rings (SSSR count). The Morgan fingerprint density at radius 3 is 2.47 bits per heavy atom. The fourth-order valence-electron chi connectivity index (χ4n) is 2.49. The van der Waals surface area contributed by atoms with Crippen LogP contribution in [0.15, 0.2) is 60.9 Å². The van der Waals surface area contributed by atoms with Crippen molar-refractivity contribution in [2.24, 2.45) is 0 Å². The number of nitrogens with two attached hydrogens (primary N) is 1. The molecule has 3 aromatic rings. The lowest BCUT2D eigenvalue weighted by Crippen LogP contribution is -2.26. The highest BCUT2D eigenvalue weighted by atomic mass is 35.5. The second-order valence-corrected chi connectivity index (χ2v) is 6.30. The van der Waals surface area contributed by atoms with Gasteiger partial charge in [-0.05, 0) is 6.07 Å². The Labute approximate surface area is 174 Å². The fraction of sp³-hybridized carbons (Fsp3) is 0.0526. The van der Waals surface area contributed by atoms with Gasteiger partial charge < -0.3 is 15.8 Å². The zero-order chi connectivity index (χ0) is 21.7. The Bertz CT molecular complexity index is 1110. The minimum absolute atomic E-state index is 0.0474. The molecule has 152 valence electrons. The van der Waals surface area contributed by atoms with E-state index in [4.69, 9.17) is 22.1 Å². The van der Waals surface area contributed by atoms with Gasteiger partial charge in [0.2, 0.25) is 6.10 Å². The molecule has 1 amide bonds. The van der Waals surface area contributed by atoms with E-state index in [0.717, 1.165) is 6.07 Å². The monoisotopic (exact) mass is 427 g/mol. The molecule has 0 aliphatic carbocycles. The smallest absolute Gasteiger partial charge is 0.361 e. The number of rotatable bonds is 6. The molecule has 0 saturated carbocycles. The molecule has 0 aliphatic rings. The van der Waals surface area contributed by atoms with Gasteiger partial charge in [0.1, 0.15) is 0 Å². The Morgan fingerprint density at radius 2 is 1.83 bits per heavy atom. The summed E-state index contributed by atoms with van der Waals surface area (Å²) in [6.45, 7) is 0. The highest BCUT2D eigenvalue weighted by Crippen LogP contribution is 2.29. The molecule has 1 unspecified atom stereocenters. The van der Waals surface area contributed by atoms with Crippen molar-refractivity contribution in [3.8, 4) is 0 Å². The van der Waals surface area contributed by atoms with Crippen molar-refractivity contribution in [3.63, 3.8) is 0 Å². The van der Waals surface area contributed by atoms with Crippen LogP contribution in [0.25, 0.3) is 0 Å². The minimum Gasteiger partial charge on any atom is -0.442 e. The quantitative estimate of drug-likeness (QED) is 0.346. The van der Waals surface area contributed by atoms with E-state index in [0.29, 0.717) is 5.56 Å². The molecule has 0 spiro atoms. The molecule has 0 radical (unpaired) electrons. The fourth-order valence-corrected chi connectivity index (χ4v) is 2.71. The van der Waals surface area contributed by atoms with Gasteiger partial charge in [0.05, 0.1) is 15.6 Å². The number of non-ortho nitro benzene ring substituents is 1. The average Bonchev–Trinajstić information content (AvgIpc) is 2.74. The summed E-state index contributed by atoms with van der Waals surface area (Å²) < 4.78 is 5.35. The summed E-state index contributed by atoms with van der Waals surface area (Å²) in [7, 11) is 0.